The molecule has 156 valence electrons. The summed E-state index contributed by atoms with van der Waals surface area (Å²) >= 11 is 0. The van der Waals surface area contributed by atoms with Gasteiger partial charge in [0.1, 0.15) is 23.7 Å². The molecule has 6 nitrogen and oxygen atoms in total. The summed E-state index contributed by atoms with van der Waals surface area (Å²) in [6, 6.07) is 17.0. The molecule has 30 heavy (non-hydrogen) atoms. The van der Waals surface area contributed by atoms with Crippen LogP contribution in [0.1, 0.15) is 25.8 Å². The van der Waals surface area contributed by atoms with Gasteiger partial charge in [0.05, 0.1) is 13.7 Å². The van der Waals surface area contributed by atoms with E-state index in [4.69, 9.17) is 18.9 Å². The van der Waals surface area contributed by atoms with Crippen LogP contribution in [-0.2, 0) is 19.0 Å². The van der Waals surface area contributed by atoms with Gasteiger partial charge >= 0.3 is 0 Å². The lowest BCUT2D eigenvalue weighted by atomic mass is 9.76. The summed E-state index contributed by atoms with van der Waals surface area (Å²) < 4.78 is 23.6. The molecule has 0 aliphatic carbocycles. The Kier molecular flexibility index (Phi) is 4.38. The Morgan fingerprint density at radius 3 is 2.43 bits per heavy atom. The number of ether oxygens (including phenoxy) is 4. The molecular weight excluding hydrogens is 382 g/mol. The Hall–Kier alpha value is -2.83. The molecule has 3 aliphatic heterocycles. The predicted molar refractivity (Wildman–Crippen MR) is 112 cm³/mol. The molecule has 6 heteroatoms. The molecule has 3 atom stereocenters. The van der Waals surface area contributed by atoms with Gasteiger partial charge in [-0.1, -0.05) is 30.3 Å². The number of carbonyl (C=O) groups is 1. The lowest BCUT2D eigenvalue weighted by Gasteiger charge is -2.55. The summed E-state index contributed by atoms with van der Waals surface area (Å²) in [6.45, 7) is 4.19. The van der Waals surface area contributed by atoms with E-state index in [9.17, 15) is 4.79 Å². The number of methoxy groups -OCH3 is 1. The van der Waals surface area contributed by atoms with Gasteiger partial charge in [0.25, 0.3) is 5.91 Å². The topological polar surface area (TPSA) is 57.2 Å². The van der Waals surface area contributed by atoms with Crippen molar-refractivity contribution in [1.82, 2.24) is 0 Å². The number of anilines is 1. The fourth-order valence-corrected chi connectivity index (χ4v) is 4.57. The van der Waals surface area contributed by atoms with Crippen LogP contribution in [0.2, 0.25) is 0 Å². The van der Waals surface area contributed by atoms with E-state index in [-0.39, 0.29) is 18.1 Å². The number of hydrogen-bond acceptors (Lipinski definition) is 5. The highest BCUT2D eigenvalue weighted by molar-refractivity contribution is 6.09. The maximum absolute atomic E-state index is 13.5. The van der Waals surface area contributed by atoms with Gasteiger partial charge in [-0.05, 0) is 44.2 Å². The van der Waals surface area contributed by atoms with E-state index in [0.29, 0.717) is 13.0 Å². The van der Waals surface area contributed by atoms with Crippen molar-refractivity contribution in [2.24, 2.45) is 0 Å². The van der Waals surface area contributed by atoms with Gasteiger partial charge in [-0.15, -0.1) is 0 Å². The highest BCUT2D eigenvalue weighted by Gasteiger charge is 2.68. The van der Waals surface area contributed by atoms with Crippen LogP contribution >= 0.6 is 0 Å². The first-order chi connectivity index (χ1) is 14.4. The van der Waals surface area contributed by atoms with E-state index < -0.39 is 11.4 Å². The van der Waals surface area contributed by atoms with Crippen molar-refractivity contribution in [3.05, 3.63) is 66.2 Å². The molecule has 5 rings (SSSR count). The lowest BCUT2D eigenvalue weighted by Crippen LogP contribution is -2.78. The molecule has 0 N–H and O–H groups in total. The number of nitrogens with zero attached hydrogens (tertiary/aromatic N) is 1. The van der Waals surface area contributed by atoms with Crippen molar-refractivity contribution in [2.75, 3.05) is 18.6 Å². The van der Waals surface area contributed by atoms with Gasteiger partial charge in [0, 0.05) is 17.7 Å². The van der Waals surface area contributed by atoms with Crippen molar-refractivity contribution >= 4 is 17.4 Å². The molecule has 1 amide bonds. The number of carbonyl (C=O) groups excluding carboxylic acids is 1. The Labute approximate surface area is 176 Å². The number of β-lactam (4-membered cyclic amide) rings is 1. The van der Waals surface area contributed by atoms with Gasteiger partial charge in [-0.3, -0.25) is 9.69 Å². The van der Waals surface area contributed by atoms with E-state index in [0.717, 1.165) is 22.8 Å². The Balaban J connectivity index is 1.47. The predicted octanol–water partition coefficient (Wildman–Crippen LogP) is 3.76. The van der Waals surface area contributed by atoms with Crippen molar-refractivity contribution in [3.63, 3.8) is 0 Å². The molecule has 0 aromatic heterocycles. The Morgan fingerprint density at radius 2 is 1.80 bits per heavy atom. The second-order valence-corrected chi connectivity index (χ2v) is 8.32. The van der Waals surface area contributed by atoms with Gasteiger partial charge < -0.3 is 18.9 Å². The van der Waals surface area contributed by atoms with Crippen molar-refractivity contribution in [1.29, 1.82) is 0 Å². The molecule has 2 fully saturated rings. The highest BCUT2D eigenvalue weighted by atomic mass is 16.7. The van der Waals surface area contributed by atoms with Crippen molar-refractivity contribution < 1.29 is 23.7 Å². The van der Waals surface area contributed by atoms with E-state index in [1.165, 1.54) is 0 Å². The first-order valence-corrected chi connectivity index (χ1v) is 10.2. The largest absolute Gasteiger partial charge is 0.497 e. The molecular formula is C24H25NO5. The minimum absolute atomic E-state index is 0.0619. The fourth-order valence-electron chi connectivity index (χ4n) is 4.57. The van der Waals surface area contributed by atoms with E-state index >= 15 is 0 Å². The van der Waals surface area contributed by atoms with E-state index in [2.05, 4.69) is 0 Å². The number of benzene rings is 2. The molecule has 1 spiro atoms. The van der Waals surface area contributed by atoms with Crippen LogP contribution in [0.3, 0.4) is 0 Å². The summed E-state index contributed by atoms with van der Waals surface area (Å²) in [5.41, 5.74) is 0.786. The third kappa shape index (κ3) is 2.90. The molecule has 0 unspecified atom stereocenters. The van der Waals surface area contributed by atoms with Gasteiger partial charge in [-0.2, -0.15) is 0 Å². The Morgan fingerprint density at radius 1 is 1.07 bits per heavy atom. The van der Waals surface area contributed by atoms with Crippen LogP contribution in [0.15, 0.2) is 60.7 Å². The SMILES string of the molecule is COc1ccc(N2C(=O)[C@@]3(CC=C(c4ccccc4)O3)[C@@H]2[C@H]2COC(C)(C)O2)cc1. The smallest absolute Gasteiger partial charge is 0.274 e. The molecule has 0 radical (unpaired) electrons. The minimum atomic E-state index is -0.973. The second-order valence-electron chi connectivity index (χ2n) is 8.32. The lowest BCUT2D eigenvalue weighted by molar-refractivity contribution is -0.171. The zero-order chi connectivity index (χ0) is 20.9. The van der Waals surface area contributed by atoms with Gasteiger partial charge in [0.2, 0.25) is 5.60 Å². The van der Waals surface area contributed by atoms with Crippen LogP contribution in [0.5, 0.6) is 5.75 Å². The molecule has 0 saturated carbocycles. The molecule has 2 aromatic carbocycles. The van der Waals surface area contributed by atoms with Crippen molar-refractivity contribution in [3.8, 4) is 5.75 Å². The monoisotopic (exact) mass is 407 g/mol. The highest BCUT2D eigenvalue weighted by Crippen LogP contribution is 2.50. The molecule has 3 heterocycles. The Bertz CT molecular complexity index is 984. The average Bonchev–Trinajstić information content (AvgIpc) is 3.37. The summed E-state index contributed by atoms with van der Waals surface area (Å²) in [6.07, 6.45) is 2.23. The standard InChI is InChI=1S/C24H25NO5/c1-23(2)28-15-20(29-23)21-24(14-13-19(30-24)16-7-5-4-6-8-16)22(26)25(21)17-9-11-18(27-3)12-10-17/h4-13,20-21H,14-15H2,1-3H3/t20-,21+,24-/m1/s1. The zero-order valence-electron chi connectivity index (χ0n) is 17.3. The van der Waals surface area contributed by atoms with Gasteiger partial charge in [0.15, 0.2) is 5.79 Å². The maximum atomic E-state index is 13.5. The summed E-state index contributed by atoms with van der Waals surface area (Å²) in [5.74, 6) is 0.726. The zero-order valence-corrected chi connectivity index (χ0v) is 17.3. The quantitative estimate of drug-likeness (QED) is 0.723. The maximum Gasteiger partial charge on any atom is 0.274 e. The average molecular weight is 407 g/mol. The van der Waals surface area contributed by atoms with Gasteiger partial charge in [-0.25, -0.2) is 0 Å². The minimum Gasteiger partial charge on any atom is -0.497 e. The van der Waals surface area contributed by atoms with Crippen molar-refractivity contribution in [2.45, 2.75) is 43.8 Å². The van der Waals surface area contributed by atoms with Crippen LogP contribution in [0, 0.1) is 0 Å². The molecule has 2 aromatic rings. The second kappa shape index (κ2) is 6.86. The summed E-state index contributed by atoms with van der Waals surface area (Å²) in [7, 11) is 1.62. The first-order valence-electron chi connectivity index (χ1n) is 10.2. The van der Waals surface area contributed by atoms with E-state index in [1.807, 2.05) is 74.5 Å². The first kappa shape index (κ1) is 19.2. The van der Waals surface area contributed by atoms with E-state index in [1.54, 1.807) is 12.0 Å². The fraction of sp³-hybridized carbons (Fsp3) is 0.375. The number of amides is 1. The summed E-state index contributed by atoms with van der Waals surface area (Å²) in [4.78, 5) is 15.3. The molecule has 3 aliphatic rings. The third-order valence-corrected chi connectivity index (χ3v) is 6.01. The van der Waals surface area contributed by atoms with Crippen LogP contribution in [-0.4, -0.2) is 43.2 Å². The van der Waals surface area contributed by atoms with Crippen LogP contribution in [0.25, 0.3) is 5.76 Å². The number of rotatable bonds is 4. The normalized spacial score (nSPS) is 29.5. The molecule has 0 bridgehead atoms. The number of hydrogen-bond donors (Lipinski definition) is 0. The van der Waals surface area contributed by atoms with Crippen LogP contribution < -0.4 is 9.64 Å². The third-order valence-electron chi connectivity index (χ3n) is 6.01. The van der Waals surface area contributed by atoms with Crippen LogP contribution in [0.4, 0.5) is 5.69 Å². The molecule has 2 saturated heterocycles. The summed E-state index contributed by atoms with van der Waals surface area (Å²) in [5, 5.41) is 0.